The molecular weight excluding hydrogens is 234 g/mol. The predicted octanol–water partition coefficient (Wildman–Crippen LogP) is 3.17. The van der Waals surface area contributed by atoms with Crippen LogP contribution in [0.4, 0.5) is 0 Å². The molecule has 0 bridgehead atoms. The third kappa shape index (κ3) is 4.07. The molecule has 0 unspecified atom stereocenters. The Labute approximate surface area is 118 Å². The van der Waals surface area contributed by atoms with Gasteiger partial charge in [-0.1, -0.05) is 6.42 Å². The molecule has 19 heavy (non-hydrogen) atoms. The van der Waals surface area contributed by atoms with Crippen LogP contribution in [-0.2, 0) is 0 Å². The molecule has 2 fully saturated rings. The molecule has 0 spiro atoms. The molecule has 1 saturated heterocycles. The SMILES string of the molecule is CC(=N)/C=C(\NC(C)C)C1CCN(C2CCC2)CC1. The lowest BCUT2D eigenvalue weighted by atomic mass is 9.86. The molecule has 0 aromatic heterocycles. The van der Waals surface area contributed by atoms with Crippen molar-refractivity contribution < 1.29 is 0 Å². The molecule has 108 valence electrons. The Morgan fingerprint density at radius 1 is 1.21 bits per heavy atom. The maximum atomic E-state index is 7.71. The van der Waals surface area contributed by atoms with E-state index < -0.39 is 0 Å². The van der Waals surface area contributed by atoms with E-state index in [9.17, 15) is 0 Å². The average molecular weight is 263 g/mol. The number of allylic oxidation sites excluding steroid dienone is 2. The topological polar surface area (TPSA) is 39.1 Å². The van der Waals surface area contributed by atoms with Gasteiger partial charge in [0.2, 0.25) is 0 Å². The smallest absolute Gasteiger partial charge is 0.0300 e. The average Bonchev–Trinajstić information content (AvgIpc) is 2.25. The Morgan fingerprint density at radius 3 is 2.26 bits per heavy atom. The van der Waals surface area contributed by atoms with Crippen LogP contribution in [0.3, 0.4) is 0 Å². The van der Waals surface area contributed by atoms with Crippen LogP contribution in [0.1, 0.15) is 52.9 Å². The van der Waals surface area contributed by atoms with E-state index in [0.717, 1.165) is 6.04 Å². The lowest BCUT2D eigenvalue weighted by Crippen LogP contribution is -2.46. The highest BCUT2D eigenvalue weighted by Gasteiger charge is 2.29. The summed E-state index contributed by atoms with van der Waals surface area (Å²) in [5, 5.41) is 11.3. The van der Waals surface area contributed by atoms with Crippen molar-refractivity contribution in [3.8, 4) is 0 Å². The zero-order chi connectivity index (χ0) is 13.8. The molecule has 1 saturated carbocycles. The molecule has 0 amide bonds. The Morgan fingerprint density at radius 2 is 1.84 bits per heavy atom. The highest BCUT2D eigenvalue weighted by Crippen LogP contribution is 2.31. The van der Waals surface area contributed by atoms with E-state index in [-0.39, 0.29) is 0 Å². The van der Waals surface area contributed by atoms with E-state index in [0.29, 0.717) is 17.7 Å². The van der Waals surface area contributed by atoms with Crippen LogP contribution in [-0.4, -0.2) is 35.8 Å². The van der Waals surface area contributed by atoms with Crippen LogP contribution in [0.25, 0.3) is 0 Å². The Hall–Kier alpha value is -0.830. The lowest BCUT2D eigenvalue weighted by Gasteiger charge is -2.42. The standard InChI is InChI=1S/C16H29N3/c1-12(2)18-16(11-13(3)17)14-7-9-19(10-8-14)15-5-4-6-15/h11-12,14-15,17-18H,4-10H2,1-3H3/b16-11-,17-13?. The molecule has 0 aromatic rings. The molecular formula is C16H29N3. The number of nitrogens with zero attached hydrogens (tertiary/aromatic N) is 1. The Balaban J connectivity index is 1.90. The summed E-state index contributed by atoms with van der Waals surface area (Å²) in [6.45, 7) is 8.70. The van der Waals surface area contributed by atoms with Crippen molar-refractivity contribution in [2.45, 2.75) is 65.0 Å². The molecule has 2 rings (SSSR count). The van der Waals surface area contributed by atoms with Gasteiger partial charge in [0.1, 0.15) is 0 Å². The largest absolute Gasteiger partial charge is 0.386 e. The summed E-state index contributed by atoms with van der Waals surface area (Å²) in [5.74, 6) is 0.624. The van der Waals surface area contributed by atoms with E-state index in [2.05, 4.69) is 24.1 Å². The van der Waals surface area contributed by atoms with Gasteiger partial charge in [0.25, 0.3) is 0 Å². The summed E-state index contributed by atoms with van der Waals surface area (Å²) < 4.78 is 0. The van der Waals surface area contributed by atoms with Crippen LogP contribution in [0.15, 0.2) is 11.8 Å². The van der Waals surface area contributed by atoms with Crippen molar-refractivity contribution in [2.75, 3.05) is 13.1 Å². The minimum absolute atomic E-state index is 0.454. The van der Waals surface area contributed by atoms with E-state index in [1.54, 1.807) is 0 Å². The second-order valence-corrected chi connectivity index (χ2v) is 6.48. The molecule has 2 aliphatic rings. The predicted molar refractivity (Wildman–Crippen MR) is 81.7 cm³/mol. The van der Waals surface area contributed by atoms with Crippen molar-refractivity contribution in [3.63, 3.8) is 0 Å². The number of nitrogens with one attached hydrogen (secondary N) is 2. The Bertz CT molecular complexity index is 334. The van der Waals surface area contributed by atoms with Crippen molar-refractivity contribution in [1.29, 1.82) is 5.41 Å². The van der Waals surface area contributed by atoms with Gasteiger partial charge in [-0.3, -0.25) is 0 Å². The molecule has 0 atom stereocenters. The van der Waals surface area contributed by atoms with Crippen molar-refractivity contribution in [3.05, 3.63) is 11.8 Å². The van der Waals surface area contributed by atoms with Gasteiger partial charge < -0.3 is 15.6 Å². The summed E-state index contributed by atoms with van der Waals surface area (Å²) in [5.41, 5.74) is 1.94. The molecule has 1 aliphatic carbocycles. The molecule has 0 radical (unpaired) electrons. The molecule has 1 aliphatic heterocycles. The molecule has 1 heterocycles. The highest BCUT2D eigenvalue weighted by atomic mass is 15.2. The quantitative estimate of drug-likeness (QED) is 0.748. The lowest BCUT2D eigenvalue weighted by molar-refractivity contribution is 0.0898. The number of rotatable bonds is 5. The maximum Gasteiger partial charge on any atom is 0.0300 e. The van der Waals surface area contributed by atoms with E-state index in [1.807, 2.05) is 13.0 Å². The van der Waals surface area contributed by atoms with E-state index >= 15 is 0 Å². The monoisotopic (exact) mass is 263 g/mol. The third-order valence-corrected chi connectivity index (χ3v) is 4.39. The minimum Gasteiger partial charge on any atom is -0.386 e. The molecule has 3 nitrogen and oxygen atoms in total. The number of hydrogen-bond acceptors (Lipinski definition) is 3. The fourth-order valence-corrected chi connectivity index (χ4v) is 3.17. The summed E-state index contributed by atoms with van der Waals surface area (Å²) in [4.78, 5) is 2.68. The number of piperidine rings is 1. The Kier molecular flexibility index (Phi) is 5.03. The van der Waals surface area contributed by atoms with Gasteiger partial charge >= 0.3 is 0 Å². The van der Waals surface area contributed by atoms with Gasteiger partial charge in [0.05, 0.1) is 0 Å². The van der Waals surface area contributed by atoms with Crippen LogP contribution in [0, 0.1) is 11.3 Å². The second-order valence-electron chi connectivity index (χ2n) is 6.48. The first-order valence-electron chi connectivity index (χ1n) is 7.83. The zero-order valence-corrected chi connectivity index (χ0v) is 12.7. The van der Waals surface area contributed by atoms with Gasteiger partial charge in [-0.15, -0.1) is 0 Å². The van der Waals surface area contributed by atoms with Gasteiger partial charge in [-0.25, -0.2) is 0 Å². The highest BCUT2D eigenvalue weighted by molar-refractivity contribution is 5.90. The fourth-order valence-electron chi connectivity index (χ4n) is 3.17. The van der Waals surface area contributed by atoms with Crippen molar-refractivity contribution >= 4 is 5.71 Å². The second kappa shape index (κ2) is 6.56. The third-order valence-electron chi connectivity index (χ3n) is 4.39. The molecule has 3 heteroatoms. The van der Waals surface area contributed by atoms with Gasteiger partial charge in [-0.05, 0) is 65.6 Å². The maximum absolute atomic E-state index is 7.71. The van der Waals surface area contributed by atoms with Crippen LogP contribution in [0.2, 0.25) is 0 Å². The number of hydrogen-bond donors (Lipinski definition) is 2. The van der Waals surface area contributed by atoms with E-state index in [4.69, 9.17) is 5.41 Å². The minimum atomic E-state index is 0.454. The summed E-state index contributed by atoms with van der Waals surface area (Å²) in [6.07, 6.45) is 8.78. The first-order valence-corrected chi connectivity index (χ1v) is 7.83. The number of likely N-dealkylation sites (tertiary alicyclic amines) is 1. The first kappa shape index (κ1) is 14.6. The van der Waals surface area contributed by atoms with Crippen LogP contribution in [0.5, 0.6) is 0 Å². The first-order chi connectivity index (χ1) is 9.06. The molecule has 0 aromatic carbocycles. The van der Waals surface area contributed by atoms with Crippen LogP contribution >= 0.6 is 0 Å². The van der Waals surface area contributed by atoms with Gasteiger partial charge in [0.15, 0.2) is 0 Å². The van der Waals surface area contributed by atoms with Crippen molar-refractivity contribution in [1.82, 2.24) is 10.2 Å². The van der Waals surface area contributed by atoms with Crippen LogP contribution < -0.4 is 5.32 Å². The summed E-state index contributed by atoms with van der Waals surface area (Å²) >= 11 is 0. The van der Waals surface area contributed by atoms with Crippen molar-refractivity contribution in [2.24, 2.45) is 5.92 Å². The normalized spacial score (nSPS) is 23.5. The summed E-state index contributed by atoms with van der Waals surface area (Å²) in [7, 11) is 0. The zero-order valence-electron chi connectivity index (χ0n) is 12.7. The van der Waals surface area contributed by atoms with Gasteiger partial charge in [0, 0.05) is 29.4 Å². The molecule has 2 N–H and O–H groups in total. The van der Waals surface area contributed by atoms with E-state index in [1.165, 1.54) is 50.9 Å². The fraction of sp³-hybridized carbons (Fsp3) is 0.812. The summed E-state index contributed by atoms with van der Waals surface area (Å²) in [6, 6.07) is 1.34. The van der Waals surface area contributed by atoms with Gasteiger partial charge in [-0.2, -0.15) is 0 Å².